The Balaban J connectivity index is 0.00000420. The third-order valence-electron chi connectivity index (χ3n) is 4.94. The van der Waals surface area contributed by atoms with E-state index in [-0.39, 0.29) is 24.0 Å². The number of likely N-dealkylation sites (tertiary alicyclic amines) is 1. The summed E-state index contributed by atoms with van der Waals surface area (Å²) in [7, 11) is 1.70. The van der Waals surface area contributed by atoms with Crippen LogP contribution < -0.4 is 15.4 Å². The Bertz CT molecular complexity index is 625. The third kappa shape index (κ3) is 10.2. The molecule has 1 aliphatic heterocycles. The first kappa shape index (κ1) is 25.5. The molecule has 29 heavy (non-hydrogen) atoms. The highest BCUT2D eigenvalue weighted by Gasteiger charge is 2.15. The summed E-state index contributed by atoms with van der Waals surface area (Å²) in [5, 5.41) is 6.70. The Labute approximate surface area is 192 Å². The van der Waals surface area contributed by atoms with Crippen molar-refractivity contribution in [1.29, 1.82) is 0 Å². The Hall–Kier alpha value is -1.51. The first-order chi connectivity index (χ1) is 13.7. The van der Waals surface area contributed by atoms with Gasteiger partial charge in [0.05, 0.1) is 7.11 Å². The number of aryl methyl sites for hydroxylation is 1. The molecule has 0 aromatic heterocycles. The van der Waals surface area contributed by atoms with Crippen molar-refractivity contribution in [3.63, 3.8) is 0 Å². The van der Waals surface area contributed by atoms with Crippen LogP contribution in [0.25, 0.3) is 0 Å². The first-order valence-corrected chi connectivity index (χ1v) is 10.7. The number of nitrogens with zero attached hydrogens (tertiary/aromatic N) is 2. The molecule has 0 radical (unpaired) electrons. The first-order valence-electron chi connectivity index (χ1n) is 10.7. The number of ether oxygens (including phenoxy) is 1. The van der Waals surface area contributed by atoms with Crippen LogP contribution in [0.15, 0.2) is 29.3 Å². The van der Waals surface area contributed by atoms with Crippen LogP contribution in [0.1, 0.15) is 51.0 Å². The average Bonchev–Trinajstić information content (AvgIpc) is 2.92. The Kier molecular flexibility index (Phi) is 13.5. The summed E-state index contributed by atoms with van der Waals surface area (Å²) < 4.78 is 5.27. The van der Waals surface area contributed by atoms with E-state index in [0.29, 0.717) is 12.3 Å². The molecule has 0 spiro atoms. The molecule has 1 heterocycles. The molecule has 1 aromatic rings. The summed E-state index contributed by atoms with van der Waals surface area (Å²) in [5.41, 5.74) is 1.28. The molecule has 0 aliphatic carbocycles. The highest BCUT2D eigenvalue weighted by Crippen LogP contribution is 2.13. The van der Waals surface area contributed by atoms with Crippen molar-refractivity contribution in [2.75, 3.05) is 39.8 Å². The molecule has 2 N–H and O–H groups in total. The number of guanidine groups is 1. The maximum atomic E-state index is 12.0. The third-order valence-corrected chi connectivity index (χ3v) is 4.94. The number of rotatable bonds is 10. The lowest BCUT2D eigenvalue weighted by Crippen LogP contribution is -2.38. The van der Waals surface area contributed by atoms with E-state index in [9.17, 15) is 4.79 Å². The zero-order chi connectivity index (χ0) is 20.0. The quantitative estimate of drug-likeness (QED) is 0.216. The lowest BCUT2D eigenvalue weighted by atomic mass is 10.1. The minimum Gasteiger partial charge on any atom is -0.497 e. The van der Waals surface area contributed by atoms with Gasteiger partial charge in [-0.25, -0.2) is 0 Å². The van der Waals surface area contributed by atoms with Gasteiger partial charge in [0, 0.05) is 39.1 Å². The van der Waals surface area contributed by atoms with Crippen molar-refractivity contribution in [3.8, 4) is 5.75 Å². The van der Waals surface area contributed by atoms with Crippen LogP contribution in [0.4, 0.5) is 0 Å². The fourth-order valence-corrected chi connectivity index (χ4v) is 3.40. The predicted molar refractivity (Wildman–Crippen MR) is 130 cm³/mol. The normalized spacial score (nSPS) is 14.8. The van der Waals surface area contributed by atoms with Crippen LogP contribution in [-0.2, 0) is 11.2 Å². The second-order valence-electron chi connectivity index (χ2n) is 7.19. The number of aliphatic imine (C=N–C) groups is 1. The molecule has 1 aromatic carbocycles. The van der Waals surface area contributed by atoms with Crippen LogP contribution >= 0.6 is 24.0 Å². The molecule has 0 bridgehead atoms. The van der Waals surface area contributed by atoms with Crippen molar-refractivity contribution in [3.05, 3.63) is 29.8 Å². The topological polar surface area (TPSA) is 66.0 Å². The van der Waals surface area contributed by atoms with Gasteiger partial charge in [-0.1, -0.05) is 18.6 Å². The van der Waals surface area contributed by atoms with Gasteiger partial charge in [-0.05, 0) is 56.7 Å². The zero-order valence-electron chi connectivity index (χ0n) is 17.9. The van der Waals surface area contributed by atoms with Crippen molar-refractivity contribution in [2.45, 2.75) is 51.9 Å². The van der Waals surface area contributed by atoms with E-state index in [4.69, 9.17) is 4.74 Å². The lowest BCUT2D eigenvalue weighted by Gasteiger charge is -2.20. The van der Waals surface area contributed by atoms with Crippen molar-refractivity contribution in [1.82, 2.24) is 15.5 Å². The lowest BCUT2D eigenvalue weighted by molar-refractivity contribution is -0.130. The Morgan fingerprint density at radius 3 is 2.86 bits per heavy atom. The van der Waals surface area contributed by atoms with E-state index in [0.717, 1.165) is 76.5 Å². The number of benzene rings is 1. The number of methoxy groups -OCH3 is 1. The van der Waals surface area contributed by atoms with Gasteiger partial charge in [0.25, 0.3) is 0 Å². The number of carbonyl (C=O) groups excluding carboxylic acids is 1. The van der Waals surface area contributed by atoms with Crippen LogP contribution in [0.3, 0.4) is 0 Å². The minimum atomic E-state index is 0. The van der Waals surface area contributed by atoms with E-state index in [1.807, 2.05) is 17.0 Å². The van der Waals surface area contributed by atoms with E-state index < -0.39 is 0 Å². The van der Waals surface area contributed by atoms with Gasteiger partial charge in [-0.2, -0.15) is 0 Å². The molecule has 2 rings (SSSR count). The van der Waals surface area contributed by atoms with Gasteiger partial charge in [0.2, 0.25) is 5.91 Å². The summed E-state index contributed by atoms with van der Waals surface area (Å²) in [5.74, 6) is 2.07. The standard InChI is InChI=1S/C22H36N4O2.HI/c1-3-23-22(24-14-8-11-19-10-7-12-20(18-19)28-2)25-15-9-17-26-16-6-4-5-13-21(26)27;/h7,10,12,18H,3-6,8-9,11,13-17H2,1-2H3,(H2,23,24,25);1H. The van der Waals surface area contributed by atoms with Gasteiger partial charge >= 0.3 is 0 Å². The van der Waals surface area contributed by atoms with Gasteiger partial charge in [-0.3, -0.25) is 9.79 Å². The molecular formula is C22H37IN4O2. The average molecular weight is 516 g/mol. The number of amides is 1. The maximum absolute atomic E-state index is 12.0. The second-order valence-corrected chi connectivity index (χ2v) is 7.19. The van der Waals surface area contributed by atoms with E-state index in [1.165, 1.54) is 12.0 Å². The number of halogens is 1. The summed E-state index contributed by atoms with van der Waals surface area (Å²) in [6, 6.07) is 8.22. The molecule has 0 saturated carbocycles. The summed E-state index contributed by atoms with van der Waals surface area (Å²) in [6.45, 7) is 6.24. The molecular weight excluding hydrogens is 479 g/mol. The molecule has 1 saturated heterocycles. The van der Waals surface area contributed by atoms with Crippen molar-refractivity contribution < 1.29 is 9.53 Å². The number of hydrogen-bond acceptors (Lipinski definition) is 3. The minimum absolute atomic E-state index is 0. The second kappa shape index (κ2) is 15.3. The van der Waals surface area contributed by atoms with E-state index in [1.54, 1.807) is 7.11 Å². The SMILES string of the molecule is CCNC(=NCCCN1CCCCCC1=O)NCCCc1cccc(OC)c1.I. The van der Waals surface area contributed by atoms with Crippen molar-refractivity contribution in [2.24, 2.45) is 4.99 Å². The largest absolute Gasteiger partial charge is 0.497 e. The van der Waals surface area contributed by atoms with Crippen molar-refractivity contribution >= 4 is 35.8 Å². The molecule has 0 unspecified atom stereocenters. The smallest absolute Gasteiger partial charge is 0.222 e. The van der Waals surface area contributed by atoms with Gasteiger partial charge < -0.3 is 20.3 Å². The monoisotopic (exact) mass is 516 g/mol. The number of carbonyl (C=O) groups is 1. The molecule has 0 atom stereocenters. The predicted octanol–water partition coefficient (Wildman–Crippen LogP) is 3.59. The highest BCUT2D eigenvalue weighted by molar-refractivity contribution is 14.0. The summed E-state index contributed by atoms with van der Waals surface area (Å²) >= 11 is 0. The van der Waals surface area contributed by atoms with E-state index in [2.05, 4.69) is 34.7 Å². The molecule has 164 valence electrons. The van der Waals surface area contributed by atoms with E-state index >= 15 is 0 Å². The van der Waals surface area contributed by atoms with Crippen LogP contribution in [0.2, 0.25) is 0 Å². The van der Waals surface area contributed by atoms with Crippen LogP contribution in [0.5, 0.6) is 5.75 Å². The van der Waals surface area contributed by atoms with Gasteiger partial charge in [0.15, 0.2) is 5.96 Å². The molecule has 7 heteroatoms. The van der Waals surface area contributed by atoms with Gasteiger partial charge in [-0.15, -0.1) is 24.0 Å². The van der Waals surface area contributed by atoms with Gasteiger partial charge in [0.1, 0.15) is 5.75 Å². The molecule has 1 aliphatic rings. The maximum Gasteiger partial charge on any atom is 0.222 e. The Morgan fingerprint density at radius 1 is 1.21 bits per heavy atom. The summed E-state index contributed by atoms with van der Waals surface area (Å²) in [4.78, 5) is 18.7. The summed E-state index contributed by atoms with van der Waals surface area (Å²) in [6.07, 6.45) is 6.99. The van der Waals surface area contributed by atoms with Crippen LogP contribution in [0, 0.1) is 0 Å². The molecule has 1 amide bonds. The Morgan fingerprint density at radius 2 is 2.07 bits per heavy atom. The van der Waals surface area contributed by atoms with Crippen LogP contribution in [-0.4, -0.2) is 56.6 Å². The fraction of sp³-hybridized carbons (Fsp3) is 0.636. The number of hydrogen-bond donors (Lipinski definition) is 2. The highest BCUT2D eigenvalue weighted by atomic mass is 127. The zero-order valence-corrected chi connectivity index (χ0v) is 20.2. The molecule has 6 nitrogen and oxygen atoms in total. The fourth-order valence-electron chi connectivity index (χ4n) is 3.40. The number of nitrogens with one attached hydrogen (secondary N) is 2. The molecule has 1 fully saturated rings.